The first-order valence-electron chi connectivity index (χ1n) is 9.07. The van der Waals surface area contributed by atoms with E-state index in [4.69, 9.17) is 4.74 Å². The quantitative estimate of drug-likeness (QED) is 0.891. The second kappa shape index (κ2) is 5.30. The number of nitrogens with zero attached hydrogens (tertiary/aromatic N) is 4. The van der Waals surface area contributed by atoms with Crippen LogP contribution < -0.4 is 4.90 Å². The van der Waals surface area contributed by atoms with Crippen molar-refractivity contribution in [3.05, 3.63) is 41.6 Å². The van der Waals surface area contributed by atoms with Crippen LogP contribution in [-0.4, -0.2) is 51.9 Å². The van der Waals surface area contributed by atoms with Gasteiger partial charge < -0.3 is 19.5 Å². The number of hydrogen-bond donors (Lipinski definition) is 1. The number of hydrogen-bond acceptors (Lipinski definition) is 5. The summed E-state index contributed by atoms with van der Waals surface area (Å²) in [6.45, 7) is 9.07. The number of rotatable bonds is 2. The van der Waals surface area contributed by atoms with Crippen molar-refractivity contribution in [1.29, 1.82) is 0 Å². The lowest BCUT2D eigenvalue weighted by molar-refractivity contribution is 0.0766. The third-order valence-corrected chi connectivity index (χ3v) is 6.53. The van der Waals surface area contributed by atoms with Gasteiger partial charge >= 0.3 is 0 Å². The van der Waals surface area contributed by atoms with Crippen LogP contribution in [0.5, 0.6) is 0 Å². The summed E-state index contributed by atoms with van der Waals surface area (Å²) in [4.78, 5) is 29.1. The first-order chi connectivity index (χ1) is 12.5. The van der Waals surface area contributed by atoms with Crippen LogP contribution in [0.15, 0.2) is 24.7 Å². The van der Waals surface area contributed by atoms with Gasteiger partial charge in [-0.1, -0.05) is 13.8 Å². The van der Waals surface area contributed by atoms with Gasteiger partial charge in [0.2, 0.25) is 0 Å². The highest BCUT2D eigenvalue weighted by molar-refractivity contribution is 5.92. The molecule has 0 radical (unpaired) electrons. The second-order valence-electron chi connectivity index (χ2n) is 8.34. The highest BCUT2D eigenvalue weighted by atomic mass is 16.5. The molecule has 0 spiro atoms. The minimum atomic E-state index is 0.0343. The Morgan fingerprint density at radius 1 is 1.15 bits per heavy atom. The van der Waals surface area contributed by atoms with Crippen molar-refractivity contribution in [3.8, 4) is 0 Å². The summed E-state index contributed by atoms with van der Waals surface area (Å²) < 4.78 is 5.56. The van der Waals surface area contributed by atoms with E-state index in [1.807, 2.05) is 17.0 Å². The minimum Gasteiger partial charge on any atom is -0.370 e. The van der Waals surface area contributed by atoms with Crippen molar-refractivity contribution in [2.24, 2.45) is 10.8 Å². The highest BCUT2D eigenvalue weighted by Gasteiger charge is 2.59. The lowest BCUT2D eigenvalue weighted by Crippen LogP contribution is -2.36. The summed E-state index contributed by atoms with van der Waals surface area (Å²) in [6, 6.07) is 3.71. The Morgan fingerprint density at radius 2 is 1.92 bits per heavy atom. The molecule has 1 N–H and O–H groups in total. The van der Waals surface area contributed by atoms with Crippen molar-refractivity contribution >= 4 is 11.7 Å². The number of ether oxygens (including phenoxy) is 1. The molecule has 3 aliphatic heterocycles. The number of nitrogens with one attached hydrogen (secondary N) is 1. The van der Waals surface area contributed by atoms with Gasteiger partial charge in [-0.2, -0.15) is 0 Å². The standard InChI is InChI=1S/C19H23N5O2/c1-18-8-23(16-13-6-26-7-15(13)21-12-22-16)9-19(18,2)11-24(10-18)17(25)14-4-3-5-20-14/h3-5,12,20H,6-11H2,1-2H3/t18-,19+. The van der Waals surface area contributed by atoms with Crippen molar-refractivity contribution in [2.75, 3.05) is 31.1 Å². The van der Waals surface area contributed by atoms with Gasteiger partial charge in [0, 0.05) is 48.8 Å². The first kappa shape index (κ1) is 15.8. The van der Waals surface area contributed by atoms with Crippen LogP contribution in [0.25, 0.3) is 0 Å². The summed E-state index contributed by atoms with van der Waals surface area (Å²) in [5.41, 5.74) is 2.86. The van der Waals surface area contributed by atoms with Gasteiger partial charge in [0.05, 0.1) is 18.9 Å². The largest absolute Gasteiger partial charge is 0.370 e. The number of H-pyrrole nitrogens is 1. The van der Waals surface area contributed by atoms with Crippen LogP contribution in [0.3, 0.4) is 0 Å². The van der Waals surface area contributed by atoms with E-state index < -0.39 is 0 Å². The topological polar surface area (TPSA) is 74.4 Å². The maximum absolute atomic E-state index is 12.8. The van der Waals surface area contributed by atoms with Crippen LogP contribution in [0.2, 0.25) is 0 Å². The molecule has 2 saturated heterocycles. The molecule has 0 aromatic carbocycles. The van der Waals surface area contributed by atoms with Gasteiger partial charge in [-0.15, -0.1) is 0 Å². The lowest BCUT2D eigenvalue weighted by atomic mass is 9.71. The molecule has 26 heavy (non-hydrogen) atoms. The molecule has 0 unspecified atom stereocenters. The zero-order chi connectivity index (χ0) is 17.9. The molecule has 0 bridgehead atoms. The van der Waals surface area contributed by atoms with Crippen LogP contribution in [0.1, 0.15) is 35.6 Å². The third-order valence-electron chi connectivity index (χ3n) is 6.53. The molecule has 5 rings (SSSR count). The molecule has 0 saturated carbocycles. The van der Waals surface area contributed by atoms with Gasteiger partial charge in [0.15, 0.2) is 0 Å². The number of anilines is 1. The van der Waals surface area contributed by atoms with Crippen LogP contribution in [0, 0.1) is 10.8 Å². The van der Waals surface area contributed by atoms with Gasteiger partial charge in [0.1, 0.15) is 17.8 Å². The Morgan fingerprint density at radius 3 is 2.62 bits per heavy atom. The molecule has 2 atom stereocenters. The first-order valence-corrected chi connectivity index (χ1v) is 9.07. The van der Waals surface area contributed by atoms with Crippen LogP contribution >= 0.6 is 0 Å². The molecule has 1 amide bonds. The molecule has 2 fully saturated rings. The summed E-state index contributed by atoms with van der Waals surface area (Å²) in [7, 11) is 0. The molecule has 7 nitrogen and oxygen atoms in total. The predicted molar refractivity (Wildman–Crippen MR) is 95.6 cm³/mol. The summed E-state index contributed by atoms with van der Waals surface area (Å²) in [6.07, 6.45) is 3.44. The van der Waals surface area contributed by atoms with E-state index in [2.05, 4.69) is 33.7 Å². The maximum Gasteiger partial charge on any atom is 0.270 e. The fraction of sp³-hybridized carbons (Fsp3) is 0.526. The van der Waals surface area contributed by atoms with E-state index in [9.17, 15) is 4.79 Å². The SMILES string of the molecule is C[C@@]12CN(C(=O)c3ccc[nH]3)C[C@]1(C)CN(c1ncnc3c1COC3)C2. The summed E-state index contributed by atoms with van der Waals surface area (Å²) >= 11 is 0. The summed E-state index contributed by atoms with van der Waals surface area (Å²) in [5.74, 6) is 1.10. The Labute approximate surface area is 152 Å². The Bertz CT molecular complexity index is 847. The predicted octanol–water partition coefficient (Wildman–Crippen LogP) is 1.82. The van der Waals surface area contributed by atoms with Crippen LogP contribution in [-0.2, 0) is 18.0 Å². The number of carbonyl (C=O) groups is 1. The van der Waals surface area contributed by atoms with Crippen LogP contribution in [0.4, 0.5) is 5.82 Å². The molecule has 0 aliphatic carbocycles. The number of fused-ring (bicyclic) bond motifs is 2. The molecule has 7 heteroatoms. The molecular weight excluding hydrogens is 330 g/mol. The Hall–Kier alpha value is -2.41. The molecule has 136 valence electrons. The van der Waals surface area contributed by atoms with E-state index >= 15 is 0 Å². The van der Waals surface area contributed by atoms with Crippen molar-refractivity contribution in [2.45, 2.75) is 27.1 Å². The van der Waals surface area contributed by atoms with Gasteiger partial charge in [0.25, 0.3) is 5.91 Å². The molecule has 2 aromatic heterocycles. The fourth-order valence-corrected chi connectivity index (χ4v) is 4.82. The number of aromatic amines is 1. The molecular formula is C19H23N5O2. The average Bonchev–Trinajstić information content (AvgIpc) is 3.35. The summed E-state index contributed by atoms with van der Waals surface area (Å²) in [5, 5.41) is 0. The van der Waals surface area contributed by atoms with E-state index in [0.29, 0.717) is 18.9 Å². The zero-order valence-electron chi connectivity index (χ0n) is 15.2. The minimum absolute atomic E-state index is 0.0343. The van der Waals surface area contributed by atoms with Gasteiger partial charge in [-0.3, -0.25) is 4.79 Å². The van der Waals surface area contributed by atoms with E-state index in [0.717, 1.165) is 43.3 Å². The van der Waals surface area contributed by atoms with E-state index in [-0.39, 0.29) is 16.7 Å². The smallest absolute Gasteiger partial charge is 0.270 e. The average molecular weight is 353 g/mol. The number of carbonyl (C=O) groups excluding carboxylic acids is 1. The zero-order valence-corrected chi connectivity index (χ0v) is 15.2. The number of aromatic nitrogens is 3. The van der Waals surface area contributed by atoms with E-state index in [1.54, 1.807) is 12.5 Å². The monoisotopic (exact) mass is 353 g/mol. The van der Waals surface area contributed by atoms with Crippen molar-refractivity contribution in [1.82, 2.24) is 19.9 Å². The van der Waals surface area contributed by atoms with E-state index in [1.165, 1.54) is 0 Å². The molecule has 3 aliphatic rings. The normalized spacial score (nSPS) is 29.9. The lowest BCUT2D eigenvalue weighted by Gasteiger charge is -2.29. The third kappa shape index (κ3) is 2.13. The fourth-order valence-electron chi connectivity index (χ4n) is 4.82. The Balaban J connectivity index is 1.41. The maximum atomic E-state index is 12.8. The Kier molecular flexibility index (Phi) is 3.22. The molecule has 2 aromatic rings. The number of amides is 1. The second-order valence-corrected chi connectivity index (χ2v) is 8.34. The van der Waals surface area contributed by atoms with Gasteiger partial charge in [-0.05, 0) is 12.1 Å². The van der Waals surface area contributed by atoms with Crippen molar-refractivity contribution in [3.63, 3.8) is 0 Å². The van der Waals surface area contributed by atoms with Gasteiger partial charge in [-0.25, -0.2) is 9.97 Å². The number of likely N-dealkylation sites (tertiary alicyclic amines) is 1. The highest BCUT2D eigenvalue weighted by Crippen LogP contribution is 2.52. The van der Waals surface area contributed by atoms with Crippen molar-refractivity contribution < 1.29 is 9.53 Å². The molecule has 5 heterocycles.